The van der Waals surface area contributed by atoms with Crippen molar-refractivity contribution < 1.29 is 19.3 Å². The van der Waals surface area contributed by atoms with E-state index in [0.717, 1.165) is 33.6 Å². The number of fused-ring (bicyclic) bond motifs is 1. The summed E-state index contributed by atoms with van der Waals surface area (Å²) in [6, 6.07) is 6.26. The summed E-state index contributed by atoms with van der Waals surface area (Å²) in [5.41, 5.74) is 5.37. The van der Waals surface area contributed by atoms with Crippen LogP contribution in [0.3, 0.4) is 0 Å². The van der Waals surface area contributed by atoms with E-state index in [0.29, 0.717) is 25.0 Å². The van der Waals surface area contributed by atoms with Gasteiger partial charge < -0.3 is 19.3 Å². The summed E-state index contributed by atoms with van der Waals surface area (Å²) in [7, 11) is 0. The zero-order valence-electron chi connectivity index (χ0n) is 15.4. The Kier molecular flexibility index (Phi) is 3.97. The molecule has 1 aliphatic heterocycles. The Balaban J connectivity index is 1.56. The quantitative estimate of drug-likeness (QED) is 0.903. The smallest absolute Gasteiger partial charge is 0.316 e. The lowest BCUT2D eigenvalue weighted by atomic mass is 9.86. The van der Waals surface area contributed by atoms with Gasteiger partial charge in [-0.3, -0.25) is 0 Å². The predicted molar refractivity (Wildman–Crippen MR) is 97.8 cm³/mol. The number of rotatable bonds is 4. The van der Waals surface area contributed by atoms with Gasteiger partial charge in [-0.15, -0.1) is 0 Å². The summed E-state index contributed by atoms with van der Waals surface area (Å²) in [6.45, 7) is 8.44. The Morgan fingerprint density at radius 1 is 1.19 bits per heavy atom. The Morgan fingerprint density at radius 2 is 1.92 bits per heavy atom. The fraction of sp³-hybridized carbons (Fsp3) is 0.400. The van der Waals surface area contributed by atoms with Gasteiger partial charge >= 0.3 is 6.01 Å². The summed E-state index contributed by atoms with van der Waals surface area (Å²) < 4.78 is 17.0. The van der Waals surface area contributed by atoms with Crippen molar-refractivity contribution >= 4 is 11.8 Å². The minimum absolute atomic E-state index is 0.134. The molecule has 0 bridgehead atoms. The molecule has 4 rings (SSSR count). The number of hydrogen-bond acceptors (Lipinski definition) is 6. The van der Waals surface area contributed by atoms with Crippen molar-refractivity contribution in [2.75, 3.05) is 13.2 Å². The first-order valence-electron chi connectivity index (χ1n) is 8.68. The molecule has 6 nitrogen and oxygen atoms in total. The maximum absolute atomic E-state index is 10.00. The fourth-order valence-corrected chi connectivity index (χ4v) is 3.48. The predicted octanol–water partition coefficient (Wildman–Crippen LogP) is 3.66. The van der Waals surface area contributed by atoms with Crippen LogP contribution in [0.4, 0.5) is 0 Å². The van der Waals surface area contributed by atoms with Gasteiger partial charge in [0.05, 0.1) is 18.0 Å². The minimum atomic E-state index is -0.574. The molecule has 2 heterocycles. The van der Waals surface area contributed by atoms with Gasteiger partial charge in [0, 0.05) is 11.1 Å². The van der Waals surface area contributed by atoms with E-state index in [4.69, 9.17) is 14.2 Å². The molecular weight excluding hydrogens is 332 g/mol. The highest BCUT2D eigenvalue weighted by Crippen LogP contribution is 2.40. The number of nitrogens with zero attached hydrogens (tertiary/aromatic N) is 2. The summed E-state index contributed by atoms with van der Waals surface area (Å²) in [5.74, 6) is -0.273. The molecule has 136 valence electrons. The first kappa shape index (κ1) is 17.0. The number of hydrogen-bond donors (Lipinski definition) is 1. The van der Waals surface area contributed by atoms with Gasteiger partial charge in [-0.2, -0.15) is 9.97 Å². The third kappa shape index (κ3) is 2.95. The van der Waals surface area contributed by atoms with Crippen molar-refractivity contribution in [2.24, 2.45) is 0 Å². The maximum Gasteiger partial charge on any atom is 0.316 e. The van der Waals surface area contributed by atoms with E-state index >= 15 is 0 Å². The third-order valence-corrected chi connectivity index (χ3v) is 4.63. The second-order valence-corrected chi connectivity index (χ2v) is 7.11. The molecule has 1 fully saturated rings. The topological polar surface area (TPSA) is 73.7 Å². The van der Waals surface area contributed by atoms with Crippen LogP contribution in [0.1, 0.15) is 36.4 Å². The summed E-state index contributed by atoms with van der Waals surface area (Å²) in [6.07, 6.45) is 1.62. The minimum Gasteiger partial charge on any atom is -0.507 e. The van der Waals surface area contributed by atoms with E-state index in [-0.39, 0.29) is 6.10 Å². The highest BCUT2D eigenvalue weighted by atomic mass is 16.7. The molecule has 6 heteroatoms. The molecule has 0 radical (unpaired) electrons. The largest absolute Gasteiger partial charge is 0.507 e. The molecule has 2 aliphatic rings. The number of ether oxygens (including phenoxy) is 3. The maximum atomic E-state index is 10.00. The van der Waals surface area contributed by atoms with Crippen molar-refractivity contribution in [3.8, 4) is 17.1 Å². The lowest BCUT2D eigenvalue weighted by Gasteiger charge is -2.21. The Labute approximate surface area is 152 Å². The molecule has 0 saturated carbocycles. The Bertz CT molecular complexity index is 882. The van der Waals surface area contributed by atoms with E-state index in [1.165, 1.54) is 0 Å². The Hall–Kier alpha value is -2.44. The molecule has 0 spiro atoms. The summed E-state index contributed by atoms with van der Waals surface area (Å²) in [5, 5.41) is 10.00. The van der Waals surface area contributed by atoms with Crippen molar-refractivity contribution in [1.29, 1.82) is 0 Å². The average molecular weight is 354 g/mol. The highest BCUT2D eigenvalue weighted by Gasteiger charge is 2.33. The van der Waals surface area contributed by atoms with Crippen LogP contribution >= 0.6 is 0 Å². The van der Waals surface area contributed by atoms with Crippen LogP contribution in [0, 0.1) is 13.8 Å². The number of aryl methyl sites for hydroxylation is 2. The molecule has 1 saturated heterocycles. The van der Waals surface area contributed by atoms with Crippen LogP contribution < -0.4 is 4.74 Å². The molecule has 1 aromatic heterocycles. The van der Waals surface area contributed by atoms with E-state index in [9.17, 15) is 5.11 Å². The zero-order valence-corrected chi connectivity index (χ0v) is 15.4. The van der Waals surface area contributed by atoms with E-state index in [1.54, 1.807) is 6.08 Å². The van der Waals surface area contributed by atoms with Gasteiger partial charge in [-0.05, 0) is 44.9 Å². The lowest BCUT2D eigenvalue weighted by Crippen LogP contribution is -2.25. The van der Waals surface area contributed by atoms with Gasteiger partial charge in [-0.25, -0.2) is 0 Å². The molecule has 1 atom stereocenters. The molecule has 1 aromatic carbocycles. The number of aliphatic hydroxyl groups is 1. The molecule has 1 aliphatic carbocycles. The second kappa shape index (κ2) is 6.07. The van der Waals surface area contributed by atoms with Crippen LogP contribution in [-0.2, 0) is 9.47 Å². The van der Waals surface area contributed by atoms with Crippen molar-refractivity contribution in [3.05, 3.63) is 40.7 Å². The normalized spacial score (nSPS) is 20.3. The van der Waals surface area contributed by atoms with Gasteiger partial charge in [-0.1, -0.05) is 18.2 Å². The van der Waals surface area contributed by atoms with Crippen molar-refractivity contribution in [3.63, 3.8) is 0 Å². The first-order valence-corrected chi connectivity index (χ1v) is 8.68. The standard InChI is InChI=1S/C20H22N2O4/c1-11-17(15-7-5-6-13-8-16(23)18(13)15)12(2)22-19(21-11)24-9-14-10-25-20(3,4)26-14/h5-8,14,23H,9-10H2,1-4H3/t14-/m0/s1. The van der Waals surface area contributed by atoms with Crippen molar-refractivity contribution in [1.82, 2.24) is 9.97 Å². The molecule has 2 aromatic rings. The van der Waals surface area contributed by atoms with E-state index in [1.807, 2.05) is 45.9 Å². The van der Waals surface area contributed by atoms with E-state index < -0.39 is 5.79 Å². The molecule has 0 amide bonds. The van der Waals surface area contributed by atoms with Crippen LogP contribution in [-0.4, -0.2) is 40.2 Å². The van der Waals surface area contributed by atoms with Crippen LogP contribution in [0.5, 0.6) is 6.01 Å². The zero-order chi connectivity index (χ0) is 18.5. The average Bonchev–Trinajstić information content (AvgIpc) is 2.90. The van der Waals surface area contributed by atoms with Gasteiger partial charge in [0.2, 0.25) is 0 Å². The lowest BCUT2D eigenvalue weighted by molar-refractivity contribution is -0.141. The Morgan fingerprint density at radius 3 is 2.54 bits per heavy atom. The molecule has 1 N–H and O–H groups in total. The van der Waals surface area contributed by atoms with Crippen molar-refractivity contribution in [2.45, 2.75) is 39.6 Å². The van der Waals surface area contributed by atoms with Crippen LogP contribution in [0.25, 0.3) is 23.0 Å². The highest BCUT2D eigenvalue weighted by molar-refractivity contribution is 5.98. The second-order valence-electron chi connectivity index (χ2n) is 7.11. The van der Waals surface area contributed by atoms with Gasteiger partial charge in [0.1, 0.15) is 18.5 Å². The summed E-state index contributed by atoms with van der Waals surface area (Å²) >= 11 is 0. The number of benzene rings is 1. The molecule has 0 unspecified atom stereocenters. The molecule has 26 heavy (non-hydrogen) atoms. The summed E-state index contributed by atoms with van der Waals surface area (Å²) in [4.78, 5) is 8.99. The molecular formula is C20H22N2O4. The SMILES string of the molecule is Cc1nc(OC[C@H]2COC(C)(C)O2)nc(C)c1-c1cccc2c1C(O)=C2. The van der Waals surface area contributed by atoms with Gasteiger partial charge in [0.15, 0.2) is 5.79 Å². The monoisotopic (exact) mass is 354 g/mol. The third-order valence-electron chi connectivity index (χ3n) is 4.63. The first-order chi connectivity index (χ1) is 12.3. The van der Waals surface area contributed by atoms with E-state index in [2.05, 4.69) is 9.97 Å². The fourth-order valence-electron chi connectivity index (χ4n) is 3.48. The van der Waals surface area contributed by atoms with Crippen LogP contribution in [0.2, 0.25) is 0 Å². The van der Waals surface area contributed by atoms with Crippen LogP contribution in [0.15, 0.2) is 18.2 Å². The number of aliphatic hydroxyl groups excluding tert-OH is 1. The van der Waals surface area contributed by atoms with Gasteiger partial charge in [0.25, 0.3) is 0 Å². The number of aromatic nitrogens is 2.